The molecule has 3 saturated carbocycles. The third-order valence-corrected chi connectivity index (χ3v) is 9.43. The molecule has 3 nitrogen and oxygen atoms in total. The first-order chi connectivity index (χ1) is 13.4. The highest BCUT2D eigenvalue weighted by molar-refractivity contribution is 5.91. The van der Waals surface area contributed by atoms with Gasteiger partial charge >= 0.3 is 0 Å². The van der Waals surface area contributed by atoms with Gasteiger partial charge in [-0.1, -0.05) is 19.4 Å². The molecule has 3 heteroatoms. The van der Waals surface area contributed by atoms with Gasteiger partial charge in [0.25, 0.3) is 0 Å². The molecule has 28 heavy (non-hydrogen) atoms. The lowest BCUT2D eigenvalue weighted by molar-refractivity contribution is -0.132. The molecule has 0 aromatic carbocycles. The first-order valence-corrected chi connectivity index (χ1v) is 11.6. The second kappa shape index (κ2) is 6.45. The van der Waals surface area contributed by atoms with E-state index in [0.717, 1.165) is 55.8 Å². The summed E-state index contributed by atoms with van der Waals surface area (Å²) in [7, 11) is 0. The van der Waals surface area contributed by atoms with E-state index in [1.165, 1.54) is 31.3 Å². The summed E-state index contributed by atoms with van der Waals surface area (Å²) >= 11 is 0. The molecule has 154 valence electrons. The molecule has 0 bridgehead atoms. The molecule has 0 amide bonds. The highest BCUT2D eigenvalue weighted by atomic mass is 16.7. The zero-order chi connectivity index (χ0) is 19.7. The van der Waals surface area contributed by atoms with Gasteiger partial charge < -0.3 is 9.47 Å². The lowest BCUT2D eigenvalue weighted by atomic mass is 9.47. The molecular formula is C25H36O3. The van der Waals surface area contributed by atoms with Gasteiger partial charge in [0.05, 0.1) is 5.76 Å². The molecule has 0 aromatic rings. The average Bonchev–Trinajstić information content (AvgIpc) is 2.95. The standard InChI is InChI=1S/C25H36O3/c1-5-27-22-13-16-12-21-19-7-6-17-14-18(26)8-10-24(17,3)20(19)9-11-25(21,4)23(16)15(2)28-22/h14,16,19-22H,5-13H2,1-4H3/t16-,19-,20+,21+,22+,24+,25+/m1/s1. The largest absolute Gasteiger partial charge is 0.470 e. The molecule has 1 aliphatic heterocycles. The van der Waals surface area contributed by atoms with Gasteiger partial charge in [-0.25, -0.2) is 0 Å². The summed E-state index contributed by atoms with van der Waals surface area (Å²) in [5.41, 5.74) is 3.66. The van der Waals surface area contributed by atoms with Gasteiger partial charge in [-0.15, -0.1) is 0 Å². The van der Waals surface area contributed by atoms with Crippen molar-refractivity contribution >= 4 is 5.78 Å². The zero-order valence-electron chi connectivity index (χ0n) is 18.1. The van der Waals surface area contributed by atoms with E-state index >= 15 is 0 Å². The average molecular weight is 385 g/mol. The number of ketones is 1. The molecule has 3 fully saturated rings. The Balaban J connectivity index is 1.47. The Hall–Kier alpha value is -1.09. The number of ether oxygens (including phenoxy) is 2. The van der Waals surface area contributed by atoms with Crippen LogP contribution in [0.3, 0.4) is 0 Å². The molecular weight excluding hydrogens is 348 g/mol. The number of fused-ring (bicyclic) bond motifs is 7. The fourth-order valence-electron chi connectivity index (χ4n) is 8.27. The van der Waals surface area contributed by atoms with E-state index in [4.69, 9.17) is 9.47 Å². The molecule has 5 aliphatic rings. The summed E-state index contributed by atoms with van der Waals surface area (Å²) in [5, 5.41) is 0. The van der Waals surface area contributed by atoms with Crippen molar-refractivity contribution in [3.8, 4) is 0 Å². The van der Waals surface area contributed by atoms with Gasteiger partial charge in [-0.2, -0.15) is 0 Å². The van der Waals surface area contributed by atoms with Gasteiger partial charge in [0.1, 0.15) is 0 Å². The summed E-state index contributed by atoms with van der Waals surface area (Å²) < 4.78 is 12.1. The van der Waals surface area contributed by atoms with Crippen LogP contribution in [0.2, 0.25) is 0 Å². The maximum atomic E-state index is 12.0. The fourth-order valence-corrected chi connectivity index (χ4v) is 8.27. The fraction of sp³-hybridized carbons (Fsp3) is 0.800. The molecule has 0 unspecified atom stereocenters. The van der Waals surface area contributed by atoms with Gasteiger partial charge in [0.15, 0.2) is 12.1 Å². The minimum Gasteiger partial charge on any atom is -0.470 e. The van der Waals surface area contributed by atoms with Gasteiger partial charge in [0.2, 0.25) is 0 Å². The van der Waals surface area contributed by atoms with Crippen molar-refractivity contribution in [2.45, 2.75) is 85.4 Å². The van der Waals surface area contributed by atoms with Crippen LogP contribution in [0.4, 0.5) is 0 Å². The molecule has 0 N–H and O–H groups in total. The maximum Gasteiger partial charge on any atom is 0.199 e. The summed E-state index contributed by atoms with van der Waals surface area (Å²) in [6.45, 7) is 9.97. The minimum absolute atomic E-state index is 0.0546. The van der Waals surface area contributed by atoms with Crippen LogP contribution in [0.5, 0.6) is 0 Å². The SMILES string of the molecule is CCO[C@@H]1C[C@H]2C[C@H]3[C@@H]4CCC5=CC(=O)CC[C@]5(C)[C@H]4CC[C@]3(C)C2=C(C)O1. The molecule has 0 spiro atoms. The van der Waals surface area contributed by atoms with E-state index in [9.17, 15) is 4.79 Å². The number of carbonyl (C=O) groups excluding carboxylic acids is 1. The van der Waals surface area contributed by atoms with Gasteiger partial charge in [0, 0.05) is 19.4 Å². The van der Waals surface area contributed by atoms with E-state index in [2.05, 4.69) is 27.7 Å². The number of rotatable bonds is 2. The van der Waals surface area contributed by atoms with E-state index in [1.54, 1.807) is 5.57 Å². The summed E-state index contributed by atoms with van der Waals surface area (Å²) in [5.74, 6) is 4.47. The van der Waals surface area contributed by atoms with Crippen molar-refractivity contribution in [3.05, 3.63) is 23.0 Å². The van der Waals surface area contributed by atoms with Crippen molar-refractivity contribution in [2.75, 3.05) is 6.61 Å². The van der Waals surface area contributed by atoms with E-state index in [-0.39, 0.29) is 11.7 Å². The molecule has 7 atom stereocenters. The van der Waals surface area contributed by atoms with Crippen LogP contribution in [0.1, 0.15) is 79.1 Å². The zero-order valence-corrected chi connectivity index (χ0v) is 18.1. The van der Waals surface area contributed by atoms with Crippen molar-refractivity contribution in [3.63, 3.8) is 0 Å². The van der Waals surface area contributed by atoms with Crippen molar-refractivity contribution in [2.24, 2.45) is 34.5 Å². The molecule has 0 aromatic heterocycles. The van der Waals surface area contributed by atoms with Crippen molar-refractivity contribution < 1.29 is 14.3 Å². The Morgan fingerprint density at radius 2 is 1.93 bits per heavy atom. The van der Waals surface area contributed by atoms with Crippen LogP contribution in [0, 0.1) is 34.5 Å². The van der Waals surface area contributed by atoms with Crippen LogP contribution < -0.4 is 0 Å². The van der Waals surface area contributed by atoms with Gasteiger partial charge in [-0.05, 0) is 98.5 Å². The lowest BCUT2D eigenvalue weighted by Crippen LogP contribution is -2.49. The third-order valence-electron chi connectivity index (χ3n) is 9.43. The number of hydrogen-bond donors (Lipinski definition) is 0. The topological polar surface area (TPSA) is 35.5 Å². The predicted molar refractivity (Wildman–Crippen MR) is 109 cm³/mol. The first-order valence-electron chi connectivity index (χ1n) is 11.6. The van der Waals surface area contributed by atoms with E-state index in [1.807, 2.05) is 6.08 Å². The van der Waals surface area contributed by atoms with Crippen LogP contribution in [-0.2, 0) is 14.3 Å². The predicted octanol–water partition coefficient (Wildman–Crippen LogP) is 5.80. The Kier molecular flexibility index (Phi) is 4.36. The Morgan fingerprint density at radius 1 is 1.11 bits per heavy atom. The quantitative estimate of drug-likeness (QED) is 0.603. The van der Waals surface area contributed by atoms with Crippen molar-refractivity contribution in [1.29, 1.82) is 0 Å². The number of allylic oxidation sites excluding steroid dienone is 3. The molecule has 1 heterocycles. The third kappa shape index (κ3) is 2.54. The summed E-state index contributed by atoms with van der Waals surface area (Å²) in [4.78, 5) is 12.0. The maximum absolute atomic E-state index is 12.0. The second-order valence-electron chi connectivity index (χ2n) is 10.6. The Bertz CT molecular complexity index is 749. The first kappa shape index (κ1) is 18.9. The molecule has 0 saturated heterocycles. The molecule has 5 rings (SSSR count). The smallest absolute Gasteiger partial charge is 0.199 e. The van der Waals surface area contributed by atoms with Crippen LogP contribution >= 0.6 is 0 Å². The lowest BCUT2D eigenvalue weighted by Gasteiger charge is -2.57. The Labute approximate surface area is 169 Å². The molecule has 4 aliphatic carbocycles. The van der Waals surface area contributed by atoms with Crippen molar-refractivity contribution in [1.82, 2.24) is 0 Å². The monoisotopic (exact) mass is 384 g/mol. The summed E-state index contributed by atoms with van der Waals surface area (Å²) in [6.07, 6.45) is 11.1. The normalized spacial score (nSPS) is 47.5. The molecule has 0 radical (unpaired) electrons. The van der Waals surface area contributed by atoms with Gasteiger partial charge in [-0.3, -0.25) is 4.79 Å². The minimum atomic E-state index is -0.0546. The highest BCUT2D eigenvalue weighted by Gasteiger charge is 2.60. The number of carbonyl (C=O) groups is 1. The Morgan fingerprint density at radius 3 is 2.71 bits per heavy atom. The summed E-state index contributed by atoms with van der Waals surface area (Å²) in [6, 6.07) is 0. The van der Waals surface area contributed by atoms with Crippen LogP contribution in [0.15, 0.2) is 23.0 Å². The van der Waals surface area contributed by atoms with E-state index < -0.39 is 0 Å². The van der Waals surface area contributed by atoms with Crippen LogP contribution in [-0.4, -0.2) is 18.7 Å². The highest BCUT2D eigenvalue weighted by Crippen LogP contribution is 2.69. The second-order valence-corrected chi connectivity index (χ2v) is 10.6. The van der Waals surface area contributed by atoms with E-state index in [0.29, 0.717) is 17.1 Å². The van der Waals surface area contributed by atoms with Crippen LogP contribution in [0.25, 0.3) is 0 Å². The number of hydrogen-bond acceptors (Lipinski definition) is 3.